The van der Waals surface area contributed by atoms with Gasteiger partial charge in [-0.25, -0.2) is 0 Å². The molecule has 2 heterocycles. The lowest BCUT2D eigenvalue weighted by molar-refractivity contribution is 0.210. The van der Waals surface area contributed by atoms with Gasteiger partial charge in [0.1, 0.15) is 11.9 Å². The first kappa shape index (κ1) is 24.3. The van der Waals surface area contributed by atoms with Gasteiger partial charge in [-0.2, -0.15) is 0 Å². The predicted molar refractivity (Wildman–Crippen MR) is 130 cm³/mol. The SMILES string of the molecule is CN=C(NCC(C)Oc1ccccc1OC)NCC(c1ccco1)N1CCCC1.I. The van der Waals surface area contributed by atoms with Crippen molar-refractivity contribution >= 4 is 29.9 Å². The van der Waals surface area contributed by atoms with Crippen molar-refractivity contribution in [3.63, 3.8) is 0 Å². The van der Waals surface area contributed by atoms with Gasteiger partial charge in [0.05, 0.1) is 26.0 Å². The van der Waals surface area contributed by atoms with Crippen LogP contribution in [0.2, 0.25) is 0 Å². The highest BCUT2D eigenvalue weighted by atomic mass is 127. The Morgan fingerprint density at radius 3 is 2.43 bits per heavy atom. The highest BCUT2D eigenvalue weighted by Crippen LogP contribution is 2.27. The number of guanidine groups is 1. The molecule has 0 aliphatic carbocycles. The minimum Gasteiger partial charge on any atom is -0.493 e. The van der Waals surface area contributed by atoms with E-state index in [1.807, 2.05) is 43.3 Å². The third-order valence-electron chi connectivity index (χ3n) is 5.09. The molecule has 1 aromatic heterocycles. The Morgan fingerprint density at radius 1 is 1.10 bits per heavy atom. The van der Waals surface area contributed by atoms with Crippen molar-refractivity contribution in [3.05, 3.63) is 48.4 Å². The normalized spacial score (nSPS) is 16.4. The second-order valence-corrected chi connectivity index (χ2v) is 7.19. The van der Waals surface area contributed by atoms with Crippen LogP contribution < -0.4 is 20.1 Å². The maximum absolute atomic E-state index is 6.00. The molecule has 0 spiro atoms. The molecule has 0 amide bonds. The van der Waals surface area contributed by atoms with Gasteiger partial charge in [0.2, 0.25) is 0 Å². The number of hydrogen-bond donors (Lipinski definition) is 2. The maximum atomic E-state index is 6.00. The van der Waals surface area contributed by atoms with Crippen LogP contribution in [0.1, 0.15) is 31.6 Å². The molecule has 0 saturated carbocycles. The largest absolute Gasteiger partial charge is 0.493 e. The Hall–Kier alpha value is -1.94. The van der Waals surface area contributed by atoms with E-state index in [0.717, 1.165) is 42.9 Å². The quantitative estimate of drug-likeness (QED) is 0.294. The molecule has 2 atom stereocenters. The van der Waals surface area contributed by atoms with Crippen molar-refractivity contribution in [2.75, 3.05) is 40.3 Å². The number of ether oxygens (including phenoxy) is 2. The lowest BCUT2D eigenvalue weighted by Crippen LogP contribution is -2.45. The molecule has 7 nitrogen and oxygen atoms in total. The lowest BCUT2D eigenvalue weighted by Gasteiger charge is -2.27. The van der Waals surface area contributed by atoms with Crippen LogP contribution in [0.4, 0.5) is 0 Å². The zero-order valence-corrected chi connectivity index (χ0v) is 20.3. The summed E-state index contributed by atoms with van der Waals surface area (Å²) in [6.45, 7) is 5.57. The fourth-order valence-electron chi connectivity index (χ4n) is 3.57. The first-order chi connectivity index (χ1) is 14.2. The molecule has 1 saturated heterocycles. The Balaban J connectivity index is 0.00000320. The van der Waals surface area contributed by atoms with Gasteiger partial charge >= 0.3 is 0 Å². The summed E-state index contributed by atoms with van der Waals surface area (Å²) < 4.78 is 17.0. The van der Waals surface area contributed by atoms with E-state index in [2.05, 4.69) is 20.5 Å². The van der Waals surface area contributed by atoms with Crippen LogP contribution >= 0.6 is 24.0 Å². The standard InChI is InChI=1S/C22H32N4O3.HI/c1-17(29-21-10-5-4-9-20(21)27-3)15-24-22(23-2)25-16-18(19-11-8-14-28-19)26-12-6-7-13-26;/h4-5,8-11,14,17-18H,6-7,12-13,15-16H2,1-3H3,(H2,23,24,25);1H. The molecule has 0 radical (unpaired) electrons. The van der Waals surface area contributed by atoms with E-state index in [9.17, 15) is 0 Å². The van der Waals surface area contributed by atoms with Crippen molar-refractivity contribution in [1.29, 1.82) is 0 Å². The first-order valence-corrected chi connectivity index (χ1v) is 10.2. The third-order valence-corrected chi connectivity index (χ3v) is 5.09. The van der Waals surface area contributed by atoms with Crippen LogP contribution in [0.5, 0.6) is 11.5 Å². The average molecular weight is 528 g/mol. The van der Waals surface area contributed by atoms with Gasteiger partial charge < -0.3 is 24.5 Å². The van der Waals surface area contributed by atoms with Gasteiger partial charge in [0.25, 0.3) is 0 Å². The monoisotopic (exact) mass is 528 g/mol. The Bertz CT molecular complexity index is 764. The number of nitrogens with one attached hydrogen (secondary N) is 2. The minimum atomic E-state index is -0.0516. The molecular formula is C22H33IN4O3. The molecule has 1 aliphatic heterocycles. The highest BCUT2D eigenvalue weighted by Gasteiger charge is 2.25. The number of aliphatic imine (C=N–C) groups is 1. The van der Waals surface area contributed by atoms with Gasteiger partial charge in [-0.05, 0) is 57.1 Å². The Morgan fingerprint density at radius 2 is 1.80 bits per heavy atom. The van der Waals surface area contributed by atoms with Crippen LogP contribution in [0, 0.1) is 0 Å². The Kier molecular flexibility index (Phi) is 10.3. The van der Waals surface area contributed by atoms with Gasteiger partial charge in [0, 0.05) is 13.6 Å². The minimum absolute atomic E-state index is 0. The molecule has 2 N–H and O–H groups in total. The summed E-state index contributed by atoms with van der Waals surface area (Å²) in [4.78, 5) is 6.81. The lowest BCUT2D eigenvalue weighted by atomic mass is 10.2. The van der Waals surface area contributed by atoms with Gasteiger partial charge in [-0.3, -0.25) is 9.89 Å². The molecule has 166 valence electrons. The number of likely N-dealkylation sites (tertiary alicyclic amines) is 1. The number of halogens is 1. The number of para-hydroxylation sites is 2. The smallest absolute Gasteiger partial charge is 0.191 e. The van der Waals surface area contributed by atoms with Crippen molar-refractivity contribution in [1.82, 2.24) is 15.5 Å². The molecule has 30 heavy (non-hydrogen) atoms. The summed E-state index contributed by atoms with van der Waals surface area (Å²) in [6.07, 6.45) is 4.16. The van der Waals surface area contributed by atoms with E-state index >= 15 is 0 Å². The van der Waals surface area contributed by atoms with Crippen LogP contribution in [0.3, 0.4) is 0 Å². The molecule has 2 unspecified atom stereocenters. The fraction of sp³-hybridized carbons (Fsp3) is 0.500. The van der Waals surface area contributed by atoms with Crippen LogP contribution in [0.15, 0.2) is 52.1 Å². The topological polar surface area (TPSA) is 71.3 Å². The number of benzene rings is 1. The van der Waals surface area contributed by atoms with E-state index in [4.69, 9.17) is 13.9 Å². The molecule has 1 aliphatic rings. The molecule has 8 heteroatoms. The van der Waals surface area contributed by atoms with Crippen molar-refractivity contribution < 1.29 is 13.9 Å². The van der Waals surface area contributed by atoms with E-state index < -0.39 is 0 Å². The maximum Gasteiger partial charge on any atom is 0.191 e. The van der Waals surface area contributed by atoms with Crippen LogP contribution in [-0.2, 0) is 0 Å². The number of methoxy groups -OCH3 is 1. The molecule has 2 aromatic rings. The van der Waals surface area contributed by atoms with Crippen LogP contribution in [0.25, 0.3) is 0 Å². The second-order valence-electron chi connectivity index (χ2n) is 7.19. The fourth-order valence-corrected chi connectivity index (χ4v) is 3.57. The van der Waals surface area contributed by atoms with Crippen LogP contribution in [-0.4, -0.2) is 57.3 Å². The summed E-state index contributed by atoms with van der Waals surface area (Å²) in [5, 5.41) is 6.78. The zero-order valence-electron chi connectivity index (χ0n) is 18.0. The van der Waals surface area contributed by atoms with Crippen molar-refractivity contribution in [3.8, 4) is 11.5 Å². The summed E-state index contributed by atoms with van der Waals surface area (Å²) in [6, 6.07) is 11.9. The summed E-state index contributed by atoms with van der Waals surface area (Å²) in [7, 11) is 3.42. The molecule has 3 rings (SSSR count). The highest BCUT2D eigenvalue weighted by molar-refractivity contribution is 14.0. The van der Waals surface area contributed by atoms with Gasteiger partial charge in [-0.15, -0.1) is 24.0 Å². The number of furan rings is 1. The zero-order chi connectivity index (χ0) is 20.5. The number of hydrogen-bond acceptors (Lipinski definition) is 5. The summed E-state index contributed by atoms with van der Waals surface area (Å²) >= 11 is 0. The van der Waals surface area contributed by atoms with Gasteiger partial charge in [-0.1, -0.05) is 12.1 Å². The molecular weight excluding hydrogens is 495 g/mol. The van der Waals surface area contributed by atoms with E-state index in [1.54, 1.807) is 20.4 Å². The number of nitrogens with zero attached hydrogens (tertiary/aromatic N) is 2. The summed E-state index contributed by atoms with van der Waals surface area (Å²) in [5.41, 5.74) is 0. The Labute approximate surface area is 196 Å². The van der Waals surface area contributed by atoms with E-state index in [-0.39, 0.29) is 36.1 Å². The van der Waals surface area contributed by atoms with Crippen molar-refractivity contribution in [2.24, 2.45) is 4.99 Å². The van der Waals surface area contributed by atoms with Gasteiger partial charge in [0.15, 0.2) is 17.5 Å². The summed E-state index contributed by atoms with van der Waals surface area (Å²) in [5.74, 6) is 3.20. The average Bonchev–Trinajstić information content (AvgIpc) is 3.45. The second kappa shape index (κ2) is 12.7. The van der Waals surface area contributed by atoms with E-state index in [1.165, 1.54) is 12.8 Å². The molecule has 0 bridgehead atoms. The predicted octanol–water partition coefficient (Wildman–Crippen LogP) is 3.68. The van der Waals surface area contributed by atoms with E-state index in [0.29, 0.717) is 6.54 Å². The third kappa shape index (κ3) is 6.80. The van der Waals surface area contributed by atoms with Crippen molar-refractivity contribution in [2.45, 2.75) is 31.9 Å². The first-order valence-electron chi connectivity index (χ1n) is 10.2. The number of rotatable bonds is 9. The molecule has 1 aromatic carbocycles. The molecule has 1 fully saturated rings.